The highest BCUT2D eigenvalue weighted by Crippen LogP contribution is 2.29. The molecule has 7 heteroatoms. The van der Waals surface area contributed by atoms with Crippen LogP contribution in [-0.4, -0.2) is 16.0 Å². The summed E-state index contributed by atoms with van der Waals surface area (Å²) >= 11 is 0. The molecule has 0 amide bonds. The van der Waals surface area contributed by atoms with Crippen LogP contribution in [-0.2, 0) is 0 Å². The van der Waals surface area contributed by atoms with Crippen LogP contribution in [0.15, 0.2) is 24.5 Å². The standard InChI is InChI=1S/C17H21F2N5/c18-11-7-8-13(19)14(9-11)24-17-15(20)16(21-10-22-17)23-12-5-3-1-2-4-6-12/h7-10,12H,1-6,20H2,(H2,21,22,23,24). The summed E-state index contributed by atoms with van der Waals surface area (Å²) < 4.78 is 27.1. The van der Waals surface area contributed by atoms with Gasteiger partial charge in [0.2, 0.25) is 0 Å². The van der Waals surface area contributed by atoms with E-state index in [9.17, 15) is 8.78 Å². The number of nitrogen functional groups attached to an aromatic ring is 1. The van der Waals surface area contributed by atoms with E-state index in [1.165, 1.54) is 32.0 Å². The van der Waals surface area contributed by atoms with E-state index in [1.54, 1.807) is 0 Å². The predicted octanol–water partition coefficient (Wildman–Crippen LogP) is 4.22. The first-order valence-corrected chi connectivity index (χ1v) is 8.22. The first-order valence-electron chi connectivity index (χ1n) is 8.22. The first-order chi connectivity index (χ1) is 11.6. The molecule has 1 aromatic carbocycles. The molecule has 1 saturated carbocycles. The molecule has 4 N–H and O–H groups in total. The van der Waals surface area contributed by atoms with Crippen LogP contribution in [0.25, 0.3) is 0 Å². The molecular weight excluding hydrogens is 312 g/mol. The molecular formula is C17H21F2N5. The molecule has 1 fully saturated rings. The van der Waals surface area contributed by atoms with Gasteiger partial charge in [0.05, 0.1) is 5.69 Å². The molecule has 0 saturated heterocycles. The van der Waals surface area contributed by atoms with E-state index in [0.717, 1.165) is 31.0 Å². The Balaban J connectivity index is 1.78. The summed E-state index contributed by atoms with van der Waals surface area (Å²) in [5, 5.41) is 6.10. The Bertz CT molecular complexity index is 699. The highest BCUT2D eigenvalue weighted by atomic mass is 19.1. The Morgan fingerprint density at radius 1 is 1.00 bits per heavy atom. The van der Waals surface area contributed by atoms with Crippen LogP contribution in [0.5, 0.6) is 0 Å². The number of hydrogen-bond acceptors (Lipinski definition) is 5. The van der Waals surface area contributed by atoms with E-state index in [-0.39, 0.29) is 11.5 Å². The number of nitrogens with zero attached hydrogens (tertiary/aromatic N) is 2. The van der Waals surface area contributed by atoms with Gasteiger partial charge in [0.1, 0.15) is 23.6 Å². The van der Waals surface area contributed by atoms with Gasteiger partial charge in [0.15, 0.2) is 11.6 Å². The third-order valence-electron chi connectivity index (χ3n) is 4.26. The number of aromatic nitrogens is 2. The number of nitrogens with one attached hydrogen (secondary N) is 2. The van der Waals surface area contributed by atoms with Gasteiger partial charge in [-0.15, -0.1) is 0 Å². The molecule has 24 heavy (non-hydrogen) atoms. The normalized spacial score (nSPS) is 15.8. The van der Waals surface area contributed by atoms with Crippen LogP contribution in [0, 0.1) is 11.6 Å². The Hall–Kier alpha value is -2.44. The lowest BCUT2D eigenvalue weighted by Gasteiger charge is -2.19. The average Bonchev–Trinajstić information content (AvgIpc) is 2.83. The van der Waals surface area contributed by atoms with E-state index in [4.69, 9.17) is 5.73 Å². The number of benzene rings is 1. The number of anilines is 4. The minimum atomic E-state index is -0.576. The molecule has 2 aromatic rings. The molecule has 1 aliphatic rings. The van der Waals surface area contributed by atoms with Crippen molar-refractivity contribution in [3.8, 4) is 0 Å². The average molecular weight is 333 g/mol. The molecule has 1 aromatic heterocycles. The SMILES string of the molecule is Nc1c(Nc2cc(F)ccc2F)ncnc1NC1CCCCCC1. The molecule has 1 heterocycles. The Kier molecular flexibility index (Phi) is 5.08. The molecule has 0 atom stereocenters. The fraction of sp³-hybridized carbons (Fsp3) is 0.412. The molecule has 0 aliphatic heterocycles. The molecule has 0 bridgehead atoms. The van der Waals surface area contributed by atoms with Gasteiger partial charge in [0, 0.05) is 12.1 Å². The number of halogens is 2. The minimum absolute atomic E-state index is 0.0131. The second-order valence-electron chi connectivity index (χ2n) is 6.07. The van der Waals surface area contributed by atoms with Gasteiger partial charge in [-0.1, -0.05) is 25.7 Å². The van der Waals surface area contributed by atoms with Crippen LogP contribution >= 0.6 is 0 Å². The highest BCUT2D eigenvalue weighted by molar-refractivity contribution is 5.77. The fourth-order valence-corrected chi connectivity index (χ4v) is 2.95. The number of rotatable bonds is 4. The molecule has 1 aliphatic carbocycles. The van der Waals surface area contributed by atoms with Gasteiger partial charge < -0.3 is 16.4 Å². The maximum atomic E-state index is 13.8. The highest BCUT2D eigenvalue weighted by Gasteiger charge is 2.16. The fourth-order valence-electron chi connectivity index (χ4n) is 2.95. The van der Waals surface area contributed by atoms with Crippen LogP contribution in [0.1, 0.15) is 38.5 Å². The van der Waals surface area contributed by atoms with Gasteiger partial charge in [-0.25, -0.2) is 18.7 Å². The lowest BCUT2D eigenvalue weighted by atomic mass is 10.1. The topological polar surface area (TPSA) is 75.9 Å². The Morgan fingerprint density at radius 2 is 1.71 bits per heavy atom. The Morgan fingerprint density at radius 3 is 2.46 bits per heavy atom. The predicted molar refractivity (Wildman–Crippen MR) is 91.2 cm³/mol. The number of hydrogen-bond donors (Lipinski definition) is 3. The Labute approximate surface area is 139 Å². The van der Waals surface area contributed by atoms with Gasteiger partial charge in [-0.05, 0) is 25.0 Å². The third kappa shape index (κ3) is 3.90. The van der Waals surface area contributed by atoms with Crippen LogP contribution in [0.4, 0.5) is 31.8 Å². The van der Waals surface area contributed by atoms with Gasteiger partial charge >= 0.3 is 0 Å². The largest absolute Gasteiger partial charge is 0.393 e. The lowest BCUT2D eigenvalue weighted by Crippen LogP contribution is -2.20. The zero-order chi connectivity index (χ0) is 16.9. The zero-order valence-corrected chi connectivity index (χ0v) is 13.4. The van der Waals surface area contributed by atoms with Crippen molar-refractivity contribution in [2.75, 3.05) is 16.4 Å². The van der Waals surface area contributed by atoms with Crippen LogP contribution in [0.3, 0.4) is 0 Å². The second kappa shape index (κ2) is 7.42. The van der Waals surface area contributed by atoms with E-state index in [2.05, 4.69) is 20.6 Å². The number of nitrogens with two attached hydrogens (primary N) is 1. The first kappa shape index (κ1) is 16.4. The smallest absolute Gasteiger partial charge is 0.159 e. The maximum absolute atomic E-state index is 13.8. The van der Waals surface area contributed by atoms with E-state index < -0.39 is 11.6 Å². The molecule has 0 radical (unpaired) electrons. The van der Waals surface area contributed by atoms with Crippen molar-refractivity contribution < 1.29 is 8.78 Å². The monoisotopic (exact) mass is 333 g/mol. The summed E-state index contributed by atoms with van der Waals surface area (Å²) in [5.74, 6) is -0.335. The molecule has 0 spiro atoms. The summed E-state index contributed by atoms with van der Waals surface area (Å²) in [6.07, 6.45) is 8.38. The molecule has 0 unspecified atom stereocenters. The molecule has 5 nitrogen and oxygen atoms in total. The zero-order valence-electron chi connectivity index (χ0n) is 13.4. The van der Waals surface area contributed by atoms with Crippen molar-refractivity contribution in [1.29, 1.82) is 0 Å². The minimum Gasteiger partial charge on any atom is -0.393 e. The summed E-state index contributed by atoms with van der Waals surface area (Å²) in [4.78, 5) is 8.23. The van der Waals surface area contributed by atoms with Crippen molar-refractivity contribution in [2.24, 2.45) is 0 Å². The summed E-state index contributed by atoms with van der Waals surface area (Å²) in [7, 11) is 0. The van der Waals surface area contributed by atoms with Crippen molar-refractivity contribution in [3.05, 3.63) is 36.2 Å². The summed E-state index contributed by atoms with van der Waals surface area (Å²) in [5.41, 5.74) is 6.39. The van der Waals surface area contributed by atoms with Crippen molar-refractivity contribution in [3.63, 3.8) is 0 Å². The molecule has 128 valence electrons. The van der Waals surface area contributed by atoms with Crippen LogP contribution in [0.2, 0.25) is 0 Å². The van der Waals surface area contributed by atoms with E-state index in [1.807, 2.05) is 0 Å². The molecule has 3 rings (SSSR count). The summed E-state index contributed by atoms with van der Waals surface area (Å²) in [6.45, 7) is 0. The van der Waals surface area contributed by atoms with Crippen LogP contribution < -0.4 is 16.4 Å². The lowest BCUT2D eigenvalue weighted by molar-refractivity contribution is 0.603. The maximum Gasteiger partial charge on any atom is 0.159 e. The van der Waals surface area contributed by atoms with Crippen molar-refractivity contribution in [2.45, 2.75) is 44.6 Å². The third-order valence-corrected chi connectivity index (χ3v) is 4.26. The second-order valence-corrected chi connectivity index (χ2v) is 6.07. The van der Waals surface area contributed by atoms with Gasteiger partial charge in [-0.3, -0.25) is 0 Å². The van der Waals surface area contributed by atoms with Gasteiger partial charge in [-0.2, -0.15) is 0 Å². The van der Waals surface area contributed by atoms with Gasteiger partial charge in [0.25, 0.3) is 0 Å². The quantitative estimate of drug-likeness (QED) is 0.731. The van der Waals surface area contributed by atoms with Crippen molar-refractivity contribution in [1.82, 2.24) is 9.97 Å². The van der Waals surface area contributed by atoms with Crippen molar-refractivity contribution >= 4 is 23.0 Å². The van der Waals surface area contributed by atoms with E-state index >= 15 is 0 Å². The van der Waals surface area contributed by atoms with E-state index in [0.29, 0.717) is 17.5 Å². The summed E-state index contributed by atoms with van der Waals surface area (Å²) in [6, 6.07) is 3.50.